The molecule has 0 aliphatic heterocycles. The Bertz CT molecular complexity index is 693. The van der Waals surface area contributed by atoms with Gasteiger partial charge in [-0.1, -0.05) is 13.8 Å². The van der Waals surface area contributed by atoms with Crippen molar-refractivity contribution in [3.8, 4) is 0 Å². The second-order valence-corrected chi connectivity index (χ2v) is 5.59. The predicted molar refractivity (Wildman–Crippen MR) is 89.4 cm³/mol. The van der Waals surface area contributed by atoms with E-state index in [0.717, 1.165) is 11.8 Å². The maximum absolute atomic E-state index is 12.4. The van der Waals surface area contributed by atoms with Gasteiger partial charge in [0.25, 0.3) is 5.91 Å². The molecule has 9 heteroatoms. The number of carbonyl (C=O) groups is 4. The molecule has 1 aliphatic rings. The van der Waals surface area contributed by atoms with E-state index in [9.17, 15) is 19.2 Å². The first kappa shape index (κ1) is 19.6. The zero-order chi connectivity index (χ0) is 18.3. The van der Waals surface area contributed by atoms with E-state index in [1.807, 2.05) is 13.8 Å². The third-order valence-electron chi connectivity index (χ3n) is 2.96. The third kappa shape index (κ3) is 4.31. The fraction of sp³-hybridized carbons (Fsp3) is 0.400. The van der Waals surface area contributed by atoms with Crippen LogP contribution in [0.15, 0.2) is 11.0 Å². The topological polar surface area (TPSA) is 129 Å². The van der Waals surface area contributed by atoms with Gasteiger partial charge >= 0.3 is 5.97 Å². The normalized spacial score (nSPS) is 12.7. The van der Waals surface area contributed by atoms with Gasteiger partial charge in [-0.2, -0.15) is 5.10 Å². The molecule has 0 spiro atoms. The van der Waals surface area contributed by atoms with Crippen LogP contribution in [0.2, 0.25) is 0 Å². The molecule has 0 bridgehead atoms. The molecule has 1 amide bonds. The van der Waals surface area contributed by atoms with E-state index in [4.69, 9.17) is 5.11 Å². The zero-order valence-corrected chi connectivity index (χ0v) is 14.5. The van der Waals surface area contributed by atoms with Crippen LogP contribution in [0.4, 0.5) is 0 Å². The van der Waals surface area contributed by atoms with E-state index in [2.05, 4.69) is 15.5 Å². The number of carboxylic acids is 1. The number of ketones is 2. The van der Waals surface area contributed by atoms with Crippen LogP contribution in [0, 0.1) is 0 Å². The highest BCUT2D eigenvalue weighted by Crippen LogP contribution is 2.29. The molecule has 24 heavy (non-hydrogen) atoms. The molecule has 0 saturated heterocycles. The molecule has 0 saturated carbocycles. The lowest BCUT2D eigenvalue weighted by Gasteiger charge is -2.11. The first-order valence-electron chi connectivity index (χ1n) is 7.41. The Kier molecular flexibility index (Phi) is 7.37. The lowest BCUT2D eigenvalue weighted by atomic mass is 9.99. The van der Waals surface area contributed by atoms with Gasteiger partial charge in [-0.3, -0.25) is 24.3 Å². The number of rotatable bonds is 6. The Labute approximate surface area is 143 Å². The Morgan fingerprint density at radius 2 is 2.00 bits per heavy atom. The van der Waals surface area contributed by atoms with Crippen molar-refractivity contribution in [1.29, 1.82) is 0 Å². The van der Waals surface area contributed by atoms with Crippen LogP contribution < -0.4 is 5.32 Å². The van der Waals surface area contributed by atoms with Gasteiger partial charge in [0.1, 0.15) is 11.4 Å². The summed E-state index contributed by atoms with van der Waals surface area (Å²) >= 11 is 1.10. The number of carboxylic acid groups (broad SMARTS) is 1. The Balaban J connectivity index is 0.00000139. The largest absolute Gasteiger partial charge is 0.481 e. The van der Waals surface area contributed by atoms with E-state index in [1.165, 1.54) is 13.1 Å². The number of hydrogen-bond donors (Lipinski definition) is 3. The summed E-state index contributed by atoms with van der Waals surface area (Å²) in [6, 6.07) is 0. The maximum atomic E-state index is 12.4. The molecule has 1 aromatic heterocycles. The fourth-order valence-electron chi connectivity index (χ4n) is 1.92. The lowest BCUT2D eigenvalue weighted by Crippen LogP contribution is -2.23. The highest BCUT2D eigenvalue weighted by molar-refractivity contribution is 8.04. The number of Topliss-reactive ketones (excluding diaryl/α,β-unsaturated/α-hetero) is 1. The lowest BCUT2D eigenvalue weighted by molar-refractivity contribution is -0.137. The maximum Gasteiger partial charge on any atom is 0.303 e. The average Bonchev–Trinajstić information content (AvgIpc) is 3.02. The number of carbonyl (C=O) groups excluding carboxylic acids is 3. The standard InChI is InChI=1S/C13H13N3O5S.C2H6/c1-14-13(21)11-9-10(15-16-11)6(17)5-7(12(9)20)22-4-2-3-8(18)19;1-2/h5H,2-4H2,1H3,(H,14,21)(H,15,16)(H,18,19);1-2H3. The van der Waals surface area contributed by atoms with Crippen molar-refractivity contribution in [2.45, 2.75) is 26.7 Å². The summed E-state index contributed by atoms with van der Waals surface area (Å²) in [6.07, 6.45) is 1.53. The van der Waals surface area contributed by atoms with Crippen molar-refractivity contribution >= 4 is 35.2 Å². The van der Waals surface area contributed by atoms with E-state index >= 15 is 0 Å². The van der Waals surface area contributed by atoms with Gasteiger partial charge in [-0.05, 0) is 12.2 Å². The van der Waals surface area contributed by atoms with E-state index in [0.29, 0.717) is 12.2 Å². The number of fused-ring (bicyclic) bond motifs is 1. The number of nitrogens with one attached hydrogen (secondary N) is 2. The number of allylic oxidation sites excluding steroid dienone is 2. The quantitative estimate of drug-likeness (QED) is 0.663. The van der Waals surface area contributed by atoms with Crippen LogP contribution in [-0.2, 0) is 4.79 Å². The van der Waals surface area contributed by atoms with Crippen molar-refractivity contribution in [3.63, 3.8) is 0 Å². The van der Waals surface area contributed by atoms with Crippen LogP contribution in [0.25, 0.3) is 0 Å². The minimum Gasteiger partial charge on any atom is -0.481 e. The number of aliphatic carboxylic acids is 1. The van der Waals surface area contributed by atoms with Gasteiger partial charge in [-0.15, -0.1) is 11.8 Å². The van der Waals surface area contributed by atoms with Crippen molar-refractivity contribution in [2.75, 3.05) is 12.8 Å². The molecule has 0 aromatic carbocycles. The Hall–Kier alpha value is -2.42. The molecule has 0 atom stereocenters. The number of aromatic amines is 1. The average molecular weight is 353 g/mol. The van der Waals surface area contributed by atoms with Crippen LogP contribution in [0.1, 0.15) is 58.0 Å². The van der Waals surface area contributed by atoms with Crippen LogP contribution in [0.3, 0.4) is 0 Å². The molecule has 3 N–H and O–H groups in total. The minimum absolute atomic E-state index is 0.0110. The summed E-state index contributed by atoms with van der Waals surface area (Å²) in [4.78, 5) is 46.7. The Morgan fingerprint density at radius 1 is 1.33 bits per heavy atom. The number of thioether (sulfide) groups is 1. The molecule has 1 aromatic rings. The summed E-state index contributed by atoms with van der Waals surface area (Å²) in [7, 11) is 1.40. The molecule has 8 nitrogen and oxygen atoms in total. The number of nitrogens with zero attached hydrogens (tertiary/aromatic N) is 1. The van der Waals surface area contributed by atoms with Crippen LogP contribution >= 0.6 is 11.8 Å². The molecule has 2 rings (SSSR count). The highest BCUT2D eigenvalue weighted by atomic mass is 32.2. The molecule has 1 heterocycles. The predicted octanol–water partition coefficient (Wildman–Crippen LogP) is 1.66. The van der Waals surface area contributed by atoms with Gasteiger partial charge in [0.15, 0.2) is 0 Å². The summed E-state index contributed by atoms with van der Waals surface area (Å²) < 4.78 is 0. The molecule has 0 unspecified atom stereocenters. The zero-order valence-electron chi connectivity index (χ0n) is 13.6. The van der Waals surface area contributed by atoms with E-state index in [1.54, 1.807) is 0 Å². The minimum atomic E-state index is -0.917. The summed E-state index contributed by atoms with van der Waals surface area (Å²) in [5.74, 6) is -1.98. The molecule has 0 fully saturated rings. The highest BCUT2D eigenvalue weighted by Gasteiger charge is 2.33. The van der Waals surface area contributed by atoms with E-state index in [-0.39, 0.29) is 28.3 Å². The number of aromatic nitrogens is 2. The molecule has 1 aliphatic carbocycles. The molecule has 0 radical (unpaired) electrons. The van der Waals surface area contributed by atoms with Gasteiger partial charge < -0.3 is 10.4 Å². The second kappa shape index (κ2) is 9.02. The smallest absolute Gasteiger partial charge is 0.303 e. The first-order valence-corrected chi connectivity index (χ1v) is 8.40. The second-order valence-electron chi connectivity index (χ2n) is 4.45. The van der Waals surface area contributed by atoms with Crippen LogP contribution in [-0.4, -0.2) is 51.5 Å². The van der Waals surface area contributed by atoms with E-state index < -0.39 is 23.4 Å². The molecular weight excluding hydrogens is 334 g/mol. The van der Waals surface area contributed by atoms with Gasteiger partial charge in [-0.25, -0.2) is 0 Å². The SMILES string of the molecule is CC.CNC(=O)c1[nH]nc2c1C(=O)C(SCCCC(=O)O)=CC2=O. The number of H-pyrrole nitrogens is 1. The third-order valence-corrected chi connectivity index (χ3v) is 4.07. The summed E-state index contributed by atoms with van der Waals surface area (Å²) in [5.41, 5.74) is -0.154. The van der Waals surface area contributed by atoms with Gasteiger partial charge in [0.2, 0.25) is 11.6 Å². The number of amides is 1. The first-order chi connectivity index (χ1) is 11.5. The summed E-state index contributed by atoms with van der Waals surface area (Å²) in [5, 5.41) is 17.1. The number of hydrogen-bond acceptors (Lipinski definition) is 6. The van der Waals surface area contributed by atoms with Crippen LogP contribution in [0.5, 0.6) is 0 Å². The molecule has 130 valence electrons. The molecular formula is C15H19N3O5S. The van der Waals surface area contributed by atoms with Crippen molar-refractivity contribution in [3.05, 3.63) is 27.9 Å². The fourth-order valence-corrected chi connectivity index (χ4v) is 2.85. The van der Waals surface area contributed by atoms with Crippen molar-refractivity contribution < 1.29 is 24.3 Å². The Morgan fingerprint density at radius 3 is 2.58 bits per heavy atom. The van der Waals surface area contributed by atoms with Gasteiger partial charge in [0.05, 0.1) is 10.5 Å². The van der Waals surface area contributed by atoms with Crippen molar-refractivity contribution in [2.24, 2.45) is 0 Å². The summed E-state index contributed by atoms with van der Waals surface area (Å²) in [6.45, 7) is 4.00. The van der Waals surface area contributed by atoms with Crippen molar-refractivity contribution in [1.82, 2.24) is 15.5 Å². The van der Waals surface area contributed by atoms with Gasteiger partial charge in [0, 0.05) is 19.5 Å². The monoisotopic (exact) mass is 353 g/mol.